The molecule has 0 amide bonds. The van der Waals surface area contributed by atoms with E-state index >= 15 is 0 Å². The van der Waals surface area contributed by atoms with Crippen LogP contribution in [0.4, 0.5) is 0 Å². The molecule has 0 unspecified atom stereocenters. The number of aryl methyl sites for hydroxylation is 3. The second kappa shape index (κ2) is 4.15. The Morgan fingerprint density at radius 1 is 0.722 bits per heavy atom. The molecule has 1 aromatic heterocycles. The van der Waals surface area contributed by atoms with E-state index in [0.717, 1.165) is 0 Å². The van der Waals surface area contributed by atoms with E-state index in [1.165, 1.54) is 44.4 Å². The molecule has 1 heteroatoms. The fraction of sp³-hybridized carbons (Fsp3) is 0.529. The molecule has 0 fully saturated rings. The van der Waals surface area contributed by atoms with Gasteiger partial charge in [0.05, 0.1) is 0 Å². The highest BCUT2D eigenvalue weighted by Gasteiger charge is 2.20. The maximum absolute atomic E-state index is 2.34. The van der Waals surface area contributed by atoms with Crippen molar-refractivity contribution in [3.63, 3.8) is 0 Å². The van der Waals surface area contributed by atoms with Gasteiger partial charge in [-0.3, -0.25) is 0 Å². The molecule has 1 nitrogen and oxygen atoms in total. The molecular formula is C17H25N. The second-order valence-corrected chi connectivity index (χ2v) is 5.92. The van der Waals surface area contributed by atoms with Crippen molar-refractivity contribution < 1.29 is 0 Å². The van der Waals surface area contributed by atoms with Gasteiger partial charge in [0.1, 0.15) is 0 Å². The molecule has 1 heterocycles. The predicted molar refractivity (Wildman–Crippen MR) is 80.7 cm³/mol. The van der Waals surface area contributed by atoms with Crippen molar-refractivity contribution in [2.24, 2.45) is 7.05 Å². The topological polar surface area (TPSA) is 4.93 Å². The first-order chi connectivity index (χ1) is 8.29. The van der Waals surface area contributed by atoms with E-state index in [9.17, 15) is 0 Å². The lowest BCUT2D eigenvalue weighted by Gasteiger charge is -2.18. The normalized spacial score (nSPS) is 11.8. The largest absolute Gasteiger partial charge is 0.351 e. The zero-order chi connectivity index (χ0) is 13.8. The molecule has 0 aliphatic rings. The standard InChI is InChI=1S/C17H25N/c1-9(2)15-11(4)10(3)12(5)16-13(6)18(8)14(7)17(15)16/h9H,1-8H3. The van der Waals surface area contributed by atoms with Crippen LogP contribution in [0.3, 0.4) is 0 Å². The number of fused-ring (bicyclic) bond motifs is 1. The maximum Gasteiger partial charge on any atom is 0.0225 e. The van der Waals surface area contributed by atoms with Gasteiger partial charge in [0.25, 0.3) is 0 Å². The van der Waals surface area contributed by atoms with Crippen molar-refractivity contribution >= 4 is 10.8 Å². The first kappa shape index (κ1) is 13.2. The first-order valence-electron chi connectivity index (χ1n) is 6.84. The maximum atomic E-state index is 2.34. The molecule has 0 saturated heterocycles. The van der Waals surface area contributed by atoms with Crippen molar-refractivity contribution in [1.29, 1.82) is 0 Å². The Morgan fingerprint density at radius 2 is 1.22 bits per heavy atom. The summed E-state index contributed by atoms with van der Waals surface area (Å²) >= 11 is 0. The van der Waals surface area contributed by atoms with E-state index in [4.69, 9.17) is 0 Å². The van der Waals surface area contributed by atoms with Crippen molar-refractivity contribution in [1.82, 2.24) is 4.57 Å². The van der Waals surface area contributed by atoms with Crippen LogP contribution in [-0.2, 0) is 7.05 Å². The quantitative estimate of drug-likeness (QED) is 0.675. The smallest absolute Gasteiger partial charge is 0.0225 e. The van der Waals surface area contributed by atoms with Crippen molar-refractivity contribution in [2.75, 3.05) is 0 Å². The molecular weight excluding hydrogens is 218 g/mol. The summed E-state index contributed by atoms with van der Waals surface area (Å²) in [5.41, 5.74) is 8.72. The molecule has 0 aliphatic heterocycles. The minimum absolute atomic E-state index is 0.576. The van der Waals surface area contributed by atoms with Gasteiger partial charge in [-0.1, -0.05) is 13.8 Å². The monoisotopic (exact) mass is 243 g/mol. The Morgan fingerprint density at radius 3 is 1.72 bits per heavy atom. The van der Waals surface area contributed by atoms with Gasteiger partial charge in [-0.05, 0) is 62.8 Å². The Bertz CT molecular complexity index is 627. The molecule has 0 radical (unpaired) electrons. The van der Waals surface area contributed by atoms with Crippen molar-refractivity contribution in [3.05, 3.63) is 33.6 Å². The van der Waals surface area contributed by atoms with Gasteiger partial charge in [-0.2, -0.15) is 0 Å². The van der Waals surface area contributed by atoms with Crippen LogP contribution >= 0.6 is 0 Å². The van der Waals surface area contributed by atoms with E-state index in [-0.39, 0.29) is 0 Å². The highest BCUT2D eigenvalue weighted by Crippen LogP contribution is 2.38. The lowest BCUT2D eigenvalue weighted by atomic mass is 9.86. The second-order valence-electron chi connectivity index (χ2n) is 5.92. The van der Waals surface area contributed by atoms with E-state index in [1.807, 2.05) is 0 Å². The van der Waals surface area contributed by atoms with Gasteiger partial charge in [0, 0.05) is 29.2 Å². The van der Waals surface area contributed by atoms with E-state index < -0.39 is 0 Å². The number of hydrogen-bond donors (Lipinski definition) is 0. The lowest BCUT2D eigenvalue weighted by Crippen LogP contribution is -1.99. The molecule has 2 rings (SSSR count). The van der Waals surface area contributed by atoms with Crippen LogP contribution in [-0.4, -0.2) is 4.57 Å². The fourth-order valence-corrected chi connectivity index (χ4v) is 3.32. The number of rotatable bonds is 1. The minimum atomic E-state index is 0.576. The molecule has 2 aromatic rings. The summed E-state index contributed by atoms with van der Waals surface area (Å²) in [5, 5.41) is 2.97. The third kappa shape index (κ3) is 1.53. The third-order valence-electron chi connectivity index (χ3n) is 4.73. The van der Waals surface area contributed by atoms with Gasteiger partial charge < -0.3 is 4.57 Å². The van der Waals surface area contributed by atoms with Crippen LogP contribution in [0.2, 0.25) is 0 Å². The van der Waals surface area contributed by atoms with Gasteiger partial charge >= 0.3 is 0 Å². The summed E-state index contributed by atoms with van der Waals surface area (Å²) in [6, 6.07) is 0. The SMILES string of the molecule is Cc1c(C)c(C(C)C)c2c(C)n(C)c(C)c2c1C. The number of hydrogen-bond acceptors (Lipinski definition) is 0. The van der Waals surface area contributed by atoms with E-state index in [2.05, 4.69) is 60.1 Å². The average Bonchev–Trinajstić information content (AvgIpc) is 2.51. The Labute approximate surface area is 111 Å². The molecule has 0 atom stereocenters. The van der Waals surface area contributed by atoms with Gasteiger partial charge in [0.2, 0.25) is 0 Å². The summed E-state index contributed by atoms with van der Waals surface area (Å²) in [6.07, 6.45) is 0. The summed E-state index contributed by atoms with van der Waals surface area (Å²) in [4.78, 5) is 0. The highest BCUT2D eigenvalue weighted by molar-refractivity contribution is 5.96. The van der Waals surface area contributed by atoms with Gasteiger partial charge in [0.15, 0.2) is 0 Å². The first-order valence-corrected chi connectivity index (χ1v) is 6.84. The highest BCUT2D eigenvalue weighted by atomic mass is 14.9. The molecule has 0 aliphatic carbocycles. The fourth-order valence-electron chi connectivity index (χ4n) is 3.32. The zero-order valence-corrected chi connectivity index (χ0v) is 13.0. The van der Waals surface area contributed by atoms with E-state index in [1.54, 1.807) is 0 Å². The summed E-state index contributed by atoms with van der Waals surface area (Å²) in [7, 11) is 2.18. The summed E-state index contributed by atoms with van der Waals surface area (Å²) in [6.45, 7) is 15.9. The van der Waals surface area contributed by atoms with Crippen LogP contribution in [0.1, 0.15) is 53.4 Å². The summed E-state index contributed by atoms with van der Waals surface area (Å²) < 4.78 is 2.34. The molecule has 0 saturated carbocycles. The minimum Gasteiger partial charge on any atom is -0.351 e. The van der Waals surface area contributed by atoms with Crippen molar-refractivity contribution in [2.45, 2.75) is 54.4 Å². The molecule has 0 spiro atoms. The van der Waals surface area contributed by atoms with Crippen molar-refractivity contribution in [3.8, 4) is 0 Å². The van der Waals surface area contributed by atoms with Crippen LogP contribution < -0.4 is 0 Å². The van der Waals surface area contributed by atoms with Crippen LogP contribution in [0, 0.1) is 34.6 Å². The Balaban J connectivity index is 3.13. The third-order valence-corrected chi connectivity index (χ3v) is 4.73. The number of aromatic nitrogens is 1. The van der Waals surface area contributed by atoms with Crippen LogP contribution in [0.25, 0.3) is 10.8 Å². The molecule has 0 N–H and O–H groups in total. The summed E-state index contributed by atoms with van der Waals surface area (Å²) in [5.74, 6) is 0.576. The van der Waals surface area contributed by atoms with Gasteiger partial charge in [-0.15, -0.1) is 0 Å². The Kier molecular flexibility index (Phi) is 3.04. The van der Waals surface area contributed by atoms with Crippen LogP contribution in [0.15, 0.2) is 0 Å². The molecule has 98 valence electrons. The number of benzene rings is 1. The average molecular weight is 243 g/mol. The molecule has 1 aromatic carbocycles. The number of nitrogens with zero attached hydrogens (tertiary/aromatic N) is 1. The zero-order valence-electron chi connectivity index (χ0n) is 13.0. The van der Waals surface area contributed by atoms with Gasteiger partial charge in [-0.25, -0.2) is 0 Å². The van der Waals surface area contributed by atoms with E-state index in [0.29, 0.717) is 5.92 Å². The molecule has 18 heavy (non-hydrogen) atoms. The lowest BCUT2D eigenvalue weighted by molar-refractivity contribution is 0.842. The predicted octanol–water partition coefficient (Wildman–Crippen LogP) is 4.84. The Hall–Kier alpha value is -1.24. The van der Waals surface area contributed by atoms with Crippen LogP contribution in [0.5, 0.6) is 0 Å². The molecule has 0 bridgehead atoms.